The second kappa shape index (κ2) is 6.90. The maximum Gasteiger partial charge on any atom is 0.416 e. The van der Waals surface area contributed by atoms with E-state index in [2.05, 4.69) is 20.4 Å². The normalized spacial score (nSPS) is 13.0. The molecule has 144 valence electrons. The smallest absolute Gasteiger partial charge is 0.362 e. The Kier molecular flexibility index (Phi) is 4.54. The van der Waals surface area contributed by atoms with Crippen LogP contribution >= 0.6 is 11.3 Å². The number of halogens is 3. The number of alkyl halides is 3. The zero-order valence-corrected chi connectivity index (χ0v) is 15.8. The van der Waals surface area contributed by atoms with Crippen LogP contribution in [0.5, 0.6) is 0 Å². The number of fused-ring (bicyclic) bond motifs is 1. The third-order valence-electron chi connectivity index (χ3n) is 4.39. The lowest BCUT2D eigenvalue weighted by atomic mass is 10.0. The Morgan fingerprint density at radius 2 is 1.96 bits per heavy atom. The average molecular weight is 403 g/mol. The van der Waals surface area contributed by atoms with E-state index in [1.54, 1.807) is 23.9 Å². The van der Waals surface area contributed by atoms with Gasteiger partial charge >= 0.3 is 6.18 Å². The summed E-state index contributed by atoms with van der Waals surface area (Å²) in [6.45, 7) is 1.69. The molecule has 0 radical (unpaired) electrons. The van der Waals surface area contributed by atoms with Crippen LogP contribution in [0, 0.1) is 0 Å². The molecule has 0 spiro atoms. The Bertz CT molecular complexity index is 1130. The molecule has 0 aliphatic heterocycles. The number of benzene rings is 1. The molecule has 0 fully saturated rings. The first kappa shape index (κ1) is 18.4. The molecule has 1 aromatic carbocycles. The predicted molar refractivity (Wildman–Crippen MR) is 103 cm³/mol. The van der Waals surface area contributed by atoms with Crippen molar-refractivity contribution in [1.82, 2.24) is 19.7 Å². The fourth-order valence-corrected chi connectivity index (χ4v) is 4.10. The maximum absolute atomic E-state index is 13.3. The number of anilines is 1. The number of aromatic nitrogens is 4. The summed E-state index contributed by atoms with van der Waals surface area (Å²) in [5, 5.41) is 7.29. The Hall–Kier alpha value is -2.94. The summed E-state index contributed by atoms with van der Waals surface area (Å²) in [5.74, 6) is 0.509. The summed E-state index contributed by atoms with van der Waals surface area (Å²) in [7, 11) is 1.84. The fourth-order valence-electron chi connectivity index (χ4n) is 3.06. The van der Waals surface area contributed by atoms with E-state index >= 15 is 0 Å². The fraction of sp³-hybridized carbons (Fsp3) is 0.211. The molecule has 1 atom stereocenters. The van der Waals surface area contributed by atoms with Crippen LogP contribution in [-0.2, 0) is 13.2 Å². The van der Waals surface area contributed by atoms with E-state index in [1.807, 2.05) is 19.3 Å². The quantitative estimate of drug-likeness (QED) is 0.503. The molecule has 0 saturated heterocycles. The van der Waals surface area contributed by atoms with E-state index in [1.165, 1.54) is 29.8 Å². The molecular weight excluding hydrogens is 387 g/mol. The summed E-state index contributed by atoms with van der Waals surface area (Å²) in [6, 6.07) is 6.91. The third kappa shape index (κ3) is 3.45. The molecule has 3 heterocycles. The van der Waals surface area contributed by atoms with Gasteiger partial charge in [-0.2, -0.15) is 18.3 Å². The van der Waals surface area contributed by atoms with Crippen LogP contribution in [0.25, 0.3) is 20.7 Å². The number of nitrogens with one attached hydrogen (secondary N) is 1. The summed E-state index contributed by atoms with van der Waals surface area (Å²) in [4.78, 5) is 9.51. The van der Waals surface area contributed by atoms with E-state index < -0.39 is 17.8 Å². The van der Waals surface area contributed by atoms with Crippen molar-refractivity contribution in [3.8, 4) is 10.4 Å². The van der Waals surface area contributed by atoms with Gasteiger partial charge in [0.05, 0.1) is 28.0 Å². The van der Waals surface area contributed by atoms with Gasteiger partial charge in [0.15, 0.2) is 0 Å². The van der Waals surface area contributed by atoms with E-state index in [9.17, 15) is 13.2 Å². The molecule has 0 saturated carbocycles. The number of rotatable bonds is 4. The van der Waals surface area contributed by atoms with Crippen LogP contribution in [0.3, 0.4) is 0 Å². The van der Waals surface area contributed by atoms with Gasteiger partial charge in [0.2, 0.25) is 0 Å². The lowest BCUT2D eigenvalue weighted by Gasteiger charge is -2.20. The van der Waals surface area contributed by atoms with E-state index in [0.29, 0.717) is 5.82 Å². The first-order chi connectivity index (χ1) is 13.3. The first-order valence-electron chi connectivity index (χ1n) is 8.49. The number of hydrogen-bond acceptors (Lipinski definition) is 5. The summed E-state index contributed by atoms with van der Waals surface area (Å²) >= 11 is 1.47. The van der Waals surface area contributed by atoms with Crippen LogP contribution < -0.4 is 5.32 Å². The van der Waals surface area contributed by atoms with Gasteiger partial charge in [-0.3, -0.25) is 4.68 Å². The van der Waals surface area contributed by atoms with Crippen LogP contribution in [0.1, 0.15) is 24.1 Å². The molecule has 5 nitrogen and oxygen atoms in total. The van der Waals surface area contributed by atoms with Crippen molar-refractivity contribution < 1.29 is 13.2 Å². The zero-order valence-electron chi connectivity index (χ0n) is 15.0. The molecule has 0 aliphatic carbocycles. The first-order valence-corrected chi connectivity index (χ1v) is 9.31. The molecule has 0 aliphatic rings. The summed E-state index contributed by atoms with van der Waals surface area (Å²) in [5.41, 5.74) is 1.21. The maximum atomic E-state index is 13.3. The SMILES string of the molecule is CC(Nc1ncnc2cc(-c3cnn(C)c3)sc12)c1ccccc1C(F)(F)F. The second-order valence-electron chi connectivity index (χ2n) is 6.40. The molecule has 4 aromatic rings. The highest BCUT2D eigenvalue weighted by Crippen LogP contribution is 2.38. The van der Waals surface area contributed by atoms with Crippen molar-refractivity contribution >= 4 is 27.4 Å². The van der Waals surface area contributed by atoms with Crippen molar-refractivity contribution in [3.63, 3.8) is 0 Å². The standard InChI is InChI=1S/C19H16F3N5S/c1-11(13-5-3-4-6-14(13)19(20,21)22)26-18-17-15(23-10-24-18)7-16(28-17)12-8-25-27(2)9-12/h3-11H,1-2H3,(H,23,24,26). The number of thiophene rings is 1. The highest BCUT2D eigenvalue weighted by Gasteiger charge is 2.34. The number of aryl methyl sites for hydroxylation is 1. The van der Waals surface area contributed by atoms with E-state index in [0.717, 1.165) is 26.7 Å². The van der Waals surface area contributed by atoms with E-state index in [-0.39, 0.29) is 5.56 Å². The monoisotopic (exact) mass is 403 g/mol. The summed E-state index contributed by atoms with van der Waals surface area (Å²) < 4.78 is 42.5. The van der Waals surface area contributed by atoms with Gasteiger partial charge in [-0.05, 0) is 24.6 Å². The predicted octanol–water partition coefficient (Wildman–Crippen LogP) is 5.28. The van der Waals surface area contributed by atoms with Crippen molar-refractivity contribution in [2.75, 3.05) is 5.32 Å². The second-order valence-corrected chi connectivity index (χ2v) is 7.45. The highest BCUT2D eigenvalue weighted by molar-refractivity contribution is 7.22. The molecule has 1 unspecified atom stereocenters. The topological polar surface area (TPSA) is 55.6 Å². The van der Waals surface area contributed by atoms with Crippen LogP contribution in [0.15, 0.2) is 49.1 Å². The Morgan fingerprint density at radius 3 is 2.68 bits per heavy atom. The zero-order chi connectivity index (χ0) is 19.9. The van der Waals surface area contributed by atoms with Crippen molar-refractivity contribution in [2.24, 2.45) is 7.05 Å². The average Bonchev–Trinajstić information content (AvgIpc) is 3.27. The van der Waals surface area contributed by atoms with Crippen molar-refractivity contribution in [1.29, 1.82) is 0 Å². The lowest BCUT2D eigenvalue weighted by molar-refractivity contribution is -0.138. The number of nitrogens with zero attached hydrogens (tertiary/aromatic N) is 4. The van der Waals surface area contributed by atoms with Gasteiger partial charge in [0.25, 0.3) is 0 Å². The van der Waals surface area contributed by atoms with Crippen molar-refractivity contribution in [3.05, 3.63) is 60.2 Å². The minimum Gasteiger partial charge on any atom is -0.362 e. The highest BCUT2D eigenvalue weighted by atomic mass is 32.1. The van der Waals surface area contributed by atoms with Gasteiger partial charge < -0.3 is 5.32 Å². The largest absolute Gasteiger partial charge is 0.416 e. The molecule has 4 rings (SSSR count). The molecule has 0 bridgehead atoms. The Morgan fingerprint density at radius 1 is 1.18 bits per heavy atom. The molecule has 1 N–H and O–H groups in total. The van der Waals surface area contributed by atoms with Gasteiger partial charge in [-0.1, -0.05) is 18.2 Å². The summed E-state index contributed by atoms with van der Waals surface area (Å²) in [6.07, 6.45) is 0.650. The molecule has 3 aromatic heterocycles. The molecule has 0 amide bonds. The minimum absolute atomic E-state index is 0.172. The van der Waals surface area contributed by atoms with Crippen molar-refractivity contribution in [2.45, 2.75) is 19.1 Å². The van der Waals surface area contributed by atoms with Gasteiger partial charge in [0, 0.05) is 23.7 Å². The molecule has 28 heavy (non-hydrogen) atoms. The molecular formula is C19H16F3N5S. The van der Waals surface area contributed by atoms with Gasteiger partial charge in [0.1, 0.15) is 12.1 Å². The van der Waals surface area contributed by atoms with Crippen LogP contribution in [-0.4, -0.2) is 19.7 Å². The Balaban J connectivity index is 1.70. The van der Waals surface area contributed by atoms with Gasteiger partial charge in [-0.15, -0.1) is 11.3 Å². The Labute approximate surface area is 162 Å². The van der Waals surface area contributed by atoms with E-state index in [4.69, 9.17) is 0 Å². The van der Waals surface area contributed by atoms with Crippen LogP contribution in [0.4, 0.5) is 19.0 Å². The number of hydrogen-bond donors (Lipinski definition) is 1. The minimum atomic E-state index is -4.41. The lowest BCUT2D eigenvalue weighted by Crippen LogP contribution is -2.15. The third-order valence-corrected chi connectivity index (χ3v) is 5.57. The van der Waals surface area contributed by atoms with Crippen LogP contribution in [0.2, 0.25) is 0 Å². The van der Waals surface area contributed by atoms with Gasteiger partial charge in [-0.25, -0.2) is 9.97 Å². The molecule has 9 heteroatoms.